The minimum Gasteiger partial charge on any atom is -0.328 e. The van der Waals surface area contributed by atoms with Crippen LogP contribution in [0.5, 0.6) is 0 Å². The number of Topliss-reactive ketones (excluding diaryl/α,β-unsaturated/α-hetero) is 1. The average Bonchev–Trinajstić information content (AvgIpc) is 2.49. The van der Waals surface area contributed by atoms with E-state index < -0.39 is 0 Å². The Morgan fingerprint density at radius 2 is 1.91 bits per heavy atom. The predicted octanol–water partition coefficient (Wildman–Crippen LogP) is 2.40. The van der Waals surface area contributed by atoms with Crippen LogP contribution >= 0.6 is 0 Å². The highest BCUT2D eigenvalue weighted by molar-refractivity contribution is 5.97. The zero-order valence-electron chi connectivity index (χ0n) is 14.7. The SMILES string of the molecule is CCCN1C[NH+](Cc2ccccc2)CC2=C1CC(C)(C)CC2=O. The smallest absolute Gasteiger partial charge is 0.166 e. The molecule has 0 aromatic heterocycles. The first-order valence-corrected chi connectivity index (χ1v) is 8.86. The molecular weight excluding hydrogens is 284 g/mol. The number of hydrogen-bond acceptors (Lipinski definition) is 2. The third kappa shape index (κ3) is 3.66. The molecule has 1 atom stereocenters. The van der Waals surface area contributed by atoms with E-state index in [0.717, 1.165) is 44.7 Å². The maximum Gasteiger partial charge on any atom is 0.166 e. The van der Waals surface area contributed by atoms with Crippen molar-refractivity contribution in [3.05, 3.63) is 47.2 Å². The van der Waals surface area contributed by atoms with E-state index in [1.807, 2.05) is 0 Å². The number of hydrogen-bond donors (Lipinski definition) is 1. The number of ketones is 1. The van der Waals surface area contributed by atoms with Crippen molar-refractivity contribution in [3.63, 3.8) is 0 Å². The molecule has 0 saturated heterocycles. The van der Waals surface area contributed by atoms with E-state index in [9.17, 15) is 4.79 Å². The first-order valence-electron chi connectivity index (χ1n) is 8.86. The Morgan fingerprint density at radius 1 is 1.17 bits per heavy atom. The molecule has 1 aliphatic heterocycles. The van der Waals surface area contributed by atoms with Gasteiger partial charge in [0.1, 0.15) is 13.1 Å². The van der Waals surface area contributed by atoms with Gasteiger partial charge in [-0.3, -0.25) is 4.79 Å². The number of rotatable bonds is 4. The van der Waals surface area contributed by atoms with Crippen LogP contribution in [-0.2, 0) is 11.3 Å². The van der Waals surface area contributed by atoms with Gasteiger partial charge in [0.2, 0.25) is 0 Å². The molecule has 0 spiro atoms. The zero-order chi connectivity index (χ0) is 16.4. The number of nitrogens with one attached hydrogen (secondary N) is 1. The van der Waals surface area contributed by atoms with E-state index in [0.29, 0.717) is 12.2 Å². The second kappa shape index (κ2) is 6.48. The van der Waals surface area contributed by atoms with E-state index in [2.05, 4.69) is 56.0 Å². The Hall–Kier alpha value is -1.61. The molecule has 1 heterocycles. The van der Waals surface area contributed by atoms with Crippen molar-refractivity contribution in [3.8, 4) is 0 Å². The van der Waals surface area contributed by atoms with Crippen LogP contribution < -0.4 is 4.90 Å². The third-order valence-electron chi connectivity index (χ3n) is 4.98. The average molecular weight is 313 g/mol. The van der Waals surface area contributed by atoms with Crippen molar-refractivity contribution in [1.82, 2.24) is 4.90 Å². The summed E-state index contributed by atoms with van der Waals surface area (Å²) in [7, 11) is 0. The minimum absolute atomic E-state index is 0.110. The van der Waals surface area contributed by atoms with Gasteiger partial charge in [0.05, 0.1) is 5.57 Å². The van der Waals surface area contributed by atoms with E-state index in [4.69, 9.17) is 0 Å². The summed E-state index contributed by atoms with van der Waals surface area (Å²) >= 11 is 0. The van der Waals surface area contributed by atoms with E-state index in [-0.39, 0.29) is 5.41 Å². The summed E-state index contributed by atoms with van der Waals surface area (Å²) in [6, 6.07) is 10.6. The number of quaternary nitrogens is 1. The molecule has 3 nitrogen and oxygen atoms in total. The van der Waals surface area contributed by atoms with Gasteiger partial charge in [-0.1, -0.05) is 51.1 Å². The first kappa shape index (κ1) is 16.3. The van der Waals surface area contributed by atoms with E-state index in [1.54, 1.807) is 0 Å². The lowest BCUT2D eigenvalue weighted by Crippen LogP contribution is -3.13. The van der Waals surface area contributed by atoms with Gasteiger partial charge in [0.25, 0.3) is 0 Å². The number of nitrogens with zero attached hydrogens (tertiary/aromatic N) is 1. The minimum atomic E-state index is 0.110. The number of benzene rings is 1. The second-order valence-corrected chi connectivity index (χ2v) is 7.88. The lowest BCUT2D eigenvalue weighted by molar-refractivity contribution is -0.921. The van der Waals surface area contributed by atoms with Crippen molar-refractivity contribution in [2.75, 3.05) is 19.8 Å². The lowest BCUT2D eigenvalue weighted by atomic mass is 9.75. The maximum absolute atomic E-state index is 12.7. The van der Waals surface area contributed by atoms with Gasteiger partial charge in [0, 0.05) is 24.2 Å². The molecule has 1 N–H and O–H groups in total. The predicted molar refractivity (Wildman–Crippen MR) is 92.9 cm³/mol. The lowest BCUT2D eigenvalue weighted by Gasteiger charge is -2.43. The van der Waals surface area contributed by atoms with Gasteiger partial charge in [-0.25, -0.2) is 0 Å². The van der Waals surface area contributed by atoms with Gasteiger partial charge in [0.15, 0.2) is 12.5 Å². The van der Waals surface area contributed by atoms with Gasteiger partial charge >= 0.3 is 0 Å². The third-order valence-corrected chi connectivity index (χ3v) is 4.98. The highest BCUT2D eigenvalue weighted by Gasteiger charge is 2.39. The monoisotopic (exact) mass is 313 g/mol. The van der Waals surface area contributed by atoms with Crippen LogP contribution in [0.15, 0.2) is 41.6 Å². The fourth-order valence-corrected chi connectivity index (χ4v) is 3.99. The van der Waals surface area contributed by atoms with Crippen LogP contribution in [-0.4, -0.2) is 30.4 Å². The number of allylic oxidation sites excluding steroid dienone is 1. The van der Waals surface area contributed by atoms with Gasteiger partial charge in [-0.05, 0) is 18.3 Å². The molecule has 2 aliphatic rings. The Balaban J connectivity index is 1.84. The Bertz CT molecular complexity index is 603. The largest absolute Gasteiger partial charge is 0.328 e. The summed E-state index contributed by atoms with van der Waals surface area (Å²) in [6.45, 7) is 10.6. The van der Waals surface area contributed by atoms with Crippen LogP contribution in [0.25, 0.3) is 0 Å². The summed E-state index contributed by atoms with van der Waals surface area (Å²) in [5.74, 6) is 0.377. The second-order valence-electron chi connectivity index (χ2n) is 7.88. The molecule has 0 bridgehead atoms. The molecule has 1 unspecified atom stereocenters. The zero-order valence-corrected chi connectivity index (χ0v) is 14.7. The topological polar surface area (TPSA) is 24.8 Å². The molecule has 3 rings (SSSR count). The fourth-order valence-electron chi connectivity index (χ4n) is 3.99. The number of carbonyl (C=O) groups excluding carboxylic acids is 1. The van der Waals surface area contributed by atoms with Crippen LogP contribution in [0.4, 0.5) is 0 Å². The quantitative estimate of drug-likeness (QED) is 0.923. The molecule has 3 heteroatoms. The fraction of sp³-hybridized carbons (Fsp3) is 0.550. The van der Waals surface area contributed by atoms with Crippen molar-refractivity contribution in [2.24, 2.45) is 5.41 Å². The molecule has 1 aliphatic carbocycles. The molecule has 1 aromatic carbocycles. The van der Waals surface area contributed by atoms with Gasteiger partial charge in [-0.15, -0.1) is 0 Å². The molecular formula is C20H29N2O+. The van der Waals surface area contributed by atoms with Crippen molar-refractivity contribution in [2.45, 2.75) is 46.6 Å². The summed E-state index contributed by atoms with van der Waals surface area (Å²) in [6.07, 6.45) is 2.88. The van der Waals surface area contributed by atoms with Crippen LogP contribution in [0.3, 0.4) is 0 Å². The Morgan fingerprint density at radius 3 is 2.61 bits per heavy atom. The molecule has 0 amide bonds. The number of carbonyl (C=O) groups is 1. The van der Waals surface area contributed by atoms with E-state index in [1.165, 1.54) is 16.2 Å². The standard InChI is InChI=1S/C20H28N2O/c1-4-10-22-15-21(13-16-8-6-5-7-9-16)14-17-18(22)11-20(2,3)12-19(17)23/h5-9H,4,10-15H2,1-3H3/p+1. The normalized spacial score (nSPS) is 23.9. The highest BCUT2D eigenvalue weighted by Crippen LogP contribution is 2.38. The van der Waals surface area contributed by atoms with Gasteiger partial charge in [-0.2, -0.15) is 0 Å². The van der Waals surface area contributed by atoms with Crippen molar-refractivity contribution in [1.29, 1.82) is 0 Å². The Kier molecular flexibility index (Phi) is 4.58. The highest BCUT2D eigenvalue weighted by atomic mass is 16.1. The first-order chi connectivity index (χ1) is 11.0. The van der Waals surface area contributed by atoms with Crippen molar-refractivity contribution >= 4 is 5.78 Å². The van der Waals surface area contributed by atoms with Crippen LogP contribution in [0, 0.1) is 5.41 Å². The summed E-state index contributed by atoms with van der Waals surface area (Å²) < 4.78 is 0. The van der Waals surface area contributed by atoms with Crippen LogP contribution in [0.1, 0.15) is 45.6 Å². The molecule has 0 fully saturated rings. The summed E-state index contributed by atoms with van der Waals surface area (Å²) in [5, 5.41) is 0. The molecule has 0 radical (unpaired) electrons. The Labute approximate surface area is 140 Å². The van der Waals surface area contributed by atoms with Crippen LogP contribution in [0.2, 0.25) is 0 Å². The molecule has 1 aromatic rings. The summed E-state index contributed by atoms with van der Waals surface area (Å²) in [4.78, 5) is 16.7. The molecule has 124 valence electrons. The maximum atomic E-state index is 12.7. The summed E-state index contributed by atoms with van der Waals surface area (Å²) in [5.41, 5.74) is 3.91. The molecule has 0 saturated carbocycles. The van der Waals surface area contributed by atoms with Crippen molar-refractivity contribution < 1.29 is 9.69 Å². The van der Waals surface area contributed by atoms with E-state index >= 15 is 0 Å². The van der Waals surface area contributed by atoms with Gasteiger partial charge < -0.3 is 9.80 Å². The molecule has 23 heavy (non-hydrogen) atoms.